The highest BCUT2D eigenvalue weighted by Gasteiger charge is 2.17. The molecule has 0 saturated heterocycles. The summed E-state index contributed by atoms with van der Waals surface area (Å²) in [6.07, 6.45) is 5.44. The Bertz CT molecular complexity index is 101. The molecule has 0 saturated carbocycles. The van der Waals surface area contributed by atoms with Gasteiger partial charge >= 0.3 is 0 Å². The van der Waals surface area contributed by atoms with Crippen molar-refractivity contribution < 1.29 is 0 Å². The van der Waals surface area contributed by atoms with E-state index >= 15 is 0 Å². The van der Waals surface area contributed by atoms with Crippen LogP contribution >= 0.6 is 34.2 Å². The van der Waals surface area contributed by atoms with Crippen LogP contribution in [-0.2, 0) is 0 Å². The van der Waals surface area contributed by atoms with E-state index in [9.17, 15) is 0 Å². The van der Waals surface area contributed by atoms with Crippen molar-refractivity contribution in [1.82, 2.24) is 0 Å². The molecule has 8 heavy (non-hydrogen) atoms. The van der Waals surface area contributed by atoms with Gasteiger partial charge in [-0.25, -0.2) is 0 Å². The number of alkyl halides is 2. The van der Waals surface area contributed by atoms with E-state index in [-0.39, 0.29) is 0 Å². The predicted octanol–water partition coefficient (Wildman–Crippen LogP) is 2.60. The molecule has 0 aromatic rings. The average Bonchev–Trinajstić information content (AvgIpc) is 2.14. The van der Waals surface area contributed by atoms with Crippen molar-refractivity contribution in [2.45, 2.75) is 11.8 Å². The van der Waals surface area contributed by atoms with Crippen LogP contribution in [0.15, 0.2) is 12.2 Å². The van der Waals surface area contributed by atoms with E-state index in [1.54, 1.807) is 0 Å². The van der Waals surface area contributed by atoms with Crippen molar-refractivity contribution in [2.24, 2.45) is 5.92 Å². The monoisotopic (exact) mass is 242 g/mol. The molecule has 0 aliphatic heterocycles. The van der Waals surface area contributed by atoms with Crippen molar-refractivity contribution in [3.05, 3.63) is 12.2 Å². The molecular weight excluding hydrogens is 234 g/mol. The third-order valence-corrected chi connectivity index (χ3v) is 2.91. The SMILES string of the molecule is ClC1CC=CC1CI. The molecule has 0 bridgehead atoms. The molecule has 0 amide bonds. The second-order valence-electron chi connectivity index (χ2n) is 2.00. The third-order valence-electron chi connectivity index (χ3n) is 1.39. The van der Waals surface area contributed by atoms with Crippen LogP contribution in [0, 0.1) is 5.92 Å². The smallest absolute Gasteiger partial charge is 0.0440 e. The Labute approximate surface area is 68.4 Å². The lowest BCUT2D eigenvalue weighted by Crippen LogP contribution is -2.07. The van der Waals surface area contributed by atoms with Gasteiger partial charge in [0.2, 0.25) is 0 Å². The van der Waals surface area contributed by atoms with Gasteiger partial charge in [0, 0.05) is 15.7 Å². The minimum atomic E-state index is 0.381. The Morgan fingerprint density at radius 3 is 2.75 bits per heavy atom. The third kappa shape index (κ3) is 1.38. The first-order chi connectivity index (χ1) is 3.84. The van der Waals surface area contributed by atoms with Crippen LogP contribution in [0.25, 0.3) is 0 Å². The van der Waals surface area contributed by atoms with Crippen LogP contribution in [0.1, 0.15) is 6.42 Å². The van der Waals surface area contributed by atoms with Gasteiger partial charge in [-0.3, -0.25) is 0 Å². The second-order valence-corrected chi connectivity index (χ2v) is 3.44. The van der Waals surface area contributed by atoms with Crippen LogP contribution in [0.2, 0.25) is 0 Å². The Morgan fingerprint density at radius 2 is 2.50 bits per heavy atom. The maximum absolute atomic E-state index is 5.91. The van der Waals surface area contributed by atoms with E-state index in [1.807, 2.05) is 0 Å². The number of allylic oxidation sites excluding steroid dienone is 2. The standard InChI is InChI=1S/C6H8ClI/c7-6-3-1-2-5(6)4-8/h1-2,5-6H,3-4H2. The molecule has 0 radical (unpaired) electrons. The van der Waals surface area contributed by atoms with E-state index < -0.39 is 0 Å². The molecule has 0 aromatic heterocycles. The van der Waals surface area contributed by atoms with Gasteiger partial charge in [0.15, 0.2) is 0 Å². The average molecular weight is 242 g/mol. The normalized spacial score (nSPS) is 36.2. The number of hydrogen-bond acceptors (Lipinski definition) is 0. The van der Waals surface area contributed by atoms with Crippen molar-refractivity contribution in [1.29, 1.82) is 0 Å². The summed E-state index contributed by atoms with van der Waals surface area (Å²) in [5.41, 5.74) is 0. The molecule has 2 atom stereocenters. The summed E-state index contributed by atoms with van der Waals surface area (Å²) in [7, 11) is 0. The zero-order valence-electron chi connectivity index (χ0n) is 4.48. The van der Waals surface area contributed by atoms with E-state index in [0.29, 0.717) is 11.3 Å². The van der Waals surface area contributed by atoms with Crippen LogP contribution < -0.4 is 0 Å². The Balaban J connectivity index is 2.41. The fourth-order valence-corrected chi connectivity index (χ4v) is 2.31. The first kappa shape index (κ1) is 6.87. The van der Waals surface area contributed by atoms with Crippen molar-refractivity contribution >= 4 is 34.2 Å². The van der Waals surface area contributed by atoms with E-state index in [1.165, 1.54) is 0 Å². The topological polar surface area (TPSA) is 0 Å². The molecule has 1 rings (SSSR count). The lowest BCUT2D eigenvalue weighted by Gasteiger charge is -2.06. The molecule has 1 aliphatic rings. The molecule has 0 nitrogen and oxygen atoms in total. The Morgan fingerprint density at radius 1 is 1.75 bits per heavy atom. The molecule has 46 valence electrons. The Kier molecular flexibility index (Phi) is 2.63. The number of rotatable bonds is 1. The summed E-state index contributed by atoms with van der Waals surface area (Å²) in [4.78, 5) is 0. The van der Waals surface area contributed by atoms with Gasteiger partial charge in [-0.1, -0.05) is 34.7 Å². The molecule has 0 aromatic carbocycles. The molecular formula is C6H8ClI. The van der Waals surface area contributed by atoms with E-state index in [4.69, 9.17) is 11.6 Å². The van der Waals surface area contributed by atoms with Gasteiger partial charge in [-0.2, -0.15) is 0 Å². The lowest BCUT2D eigenvalue weighted by atomic mass is 10.2. The van der Waals surface area contributed by atoms with Gasteiger partial charge in [0.25, 0.3) is 0 Å². The molecule has 0 fully saturated rings. The summed E-state index contributed by atoms with van der Waals surface area (Å²) in [5.74, 6) is 0.636. The summed E-state index contributed by atoms with van der Waals surface area (Å²) in [6.45, 7) is 0. The molecule has 2 heteroatoms. The summed E-state index contributed by atoms with van der Waals surface area (Å²) >= 11 is 8.28. The van der Waals surface area contributed by atoms with Crippen LogP contribution in [0.4, 0.5) is 0 Å². The summed E-state index contributed by atoms with van der Waals surface area (Å²) in [6, 6.07) is 0. The van der Waals surface area contributed by atoms with E-state index in [2.05, 4.69) is 34.7 Å². The van der Waals surface area contributed by atoms with Crippen LogP contribution in [0.5, 0.6) is 0 Å². The minimum absolute atomic E-state index is 0.381. The predicted molar refractivity (Wildman–Crippen MR) is 45.8 cm³/mol. The highest BCUT2D eigenvalue weighted by molar-refractivity contribution is 14.1. The van der Waals surface area contributed by atoms with Gasteiger partial charge in [-0.05, 0) is 6.42 Å². The zero-order chi connectivity index (χ0) is 5.98. The fourth-order valence-electron chi connectivity index (χ4n) is 0.827. The fraction of sp³-hybridized carbons (Fsp3) is 0.667. The summed E-state index contributed by atoms with van der Waals surface area (Å²) in [5, 5.41) is 0.381. The highest BCUT2D eigenvalue weighted by Crippen LogP contribution is 2.24. The summed E-state index contributed by atoms with van der Waals surface area (Å²) < 4.78 is 1.16. The first-order valence-electron chi connectivity index (χ1n) is 2.71. The van der Waals surface area contributed by atoms with Crippen molar-refractivity contribution in [2.75, 3.05) is 4.43 Å². The van der Waals surface area contributed by atoms with Crippen molar-refractivity contribution in [3.63, 3.8) is 0 Å². The van der Waals surface area contributed by atoms with Gasteiger partial charge in [0.05, 0.1) is 0 Å². The van der Waals surface area contributed by atoms with Gasteiger partial charge in [-0.15, -0.1) is 11.6 Å². The highest BCUT2D eigenvalue weighted by atomic mass is 127. The second kappa shape index (κ2) is 3.06. The van der Waals surface area contributed by atoms with Crippen LogP contribution in [0.3, 0.4) is 0 Å². The minimum Gasteiger partial charge on any atom is -0.122 e. The molecule has 0 heterocycles. The first-order valence-corrected chi connectivity index (χ1v) is 4.67. The molecule has 0 spiro atoms. The molecule has 0 N–H and O–H groups in total. The van der Waals surface area contributed by atoms with Crippen molar-refractivity contribution in [3.8, 4) is 0 Å². The zero-order valence-corrected chi connectivity index (χ0v) is 7.39. The van der Waals surface area contributed by atoms with Crippen LogP contribution in [-0.4, -0.2) is 9.80 Å². The maximum atomic E-state index is 5.91. The van der Waals surface area contributed by atoms with Gasteiger partial charge < -0.3 is 0 Å². The Hall–Kier alpha value is 0.760. The number of halogens is 2. The largest absolute Gasteiger partial charge is 0.122 e. The quantitative estimate of drug-likeness (QED) is 0.377. The molecule has 2 unspecified atom stereocenters. The maximum Gasteiger partial charge on any atom is 0.0440 e. The lowest BCUT2D eigenvalue weighted by molar-refractivity contribution is 0.732. The molecule has 1 aliphatic carbocycles. The van der Waals surface area contributed by atoms with Gasteiger partial charge in [0.1, 0.15) is 0 Å². The number of hydrogen-bond donors (Lipinski definition) is 0. The van der Waals surface area contributed by atoms with E-state index in [0.717, 1.165) is 10.8 Å².